The Morgan fingerprint density at radius 1 is 1.20 bits per heavy atom. The molecular weight excluding hydrogens is 316 g/mol. The van der Waals surface area contributed by atoms with Gasteiger partial charge in [0, 0.05) is 37.0 Å². The largest absolute Gasteiger partial charge is 0.333 e. The van der Waals surface area contributed by atoms with Crippen LogP contribution in [0.3, 0.4) is 0 Å². The lowest BCUT2D eigenvalue weighted by Crippen LogP contribution is -2.40. The third-order valence-electron chi connectivity index (χ3n) is 4.98. The molecule has 25 heavy (non-hydrogen) atoms. The maximum Gasteiger partial charge on any atom is 0.243 e. The number of carbonyl (C=O) groups is 1. The Bertz CT molecular complexity index is 911. The Balaban J connectivity index is 1.63. The molecule has 0 aromatic carbocycles. The first-order valence-electron chi connectivity index (χ1n) is 8.71. The standard InChI is InChI=1S/C18H22N6O/c1-13-11-15(21-18-20-7-10-23(13)18)16-5-3-4-8-24(16)17(25)12-22-9-6-19-14(22)2/h6-7,9-11,16H,3-5,8,12H2,1-2H3. The normalized spacial score (nSPS) is 18.0. The van der Waals surface area contributed by atoms with E-state index in [1.165, 1.54) is 0 Å². The van der Waals surface area contributed by atoms with Crippen LogP contribution in [0.5, 0.6) is 0 Å². The molecule has 0 radical (unpaired) electrons. The van der Waals surface area contributed by atoms with Gasteiger partial charge in [-0.1, -0.05) is 0 Å². The molecule has 0 bridgehead atoms. The molecule has 7 heteroatoms. The van der Waals surface area contributed by atoms with Crippen molar-refractivity contribution >= 4 is 11.7 Å². The van der Waals surface area contributed by atoms with Crippen molar-refractivity contribution < 1.29 is 4.79 Å². The van der Waals surface area contributed by atoms with Crippen LogP contribution in [0.2, 0.25) is 0 Å². The molecule has 1 atom stereocenters. The maximum absolute atomic E-state index is 12.9. The van der Waals surface area contributed by atoms with E-state index < -0.39 is 0 Å². The van der Waals surface area contributed by atoms with E-state index >= 15 is 0 Å². The van der Waals surface area contributed by atoms with E-state index in [1.807, 2.05) is 40.1 Å². The predicted octanol–water partition coefficient (Wildman–Crippen LogP) is 2.30. The molecule has 0 spiro atoms. The Morgan fingerprint density at radius 2 is 2.04 bits per heavy atom. The third-order valence-corrected chi connectivity index (χ3v) is 4.98. The minimum Gasteiger partial charge on any atom is -0.333 e. The summed E-state index contributed by atoms with van der Waals surface area (Å²) >= 11 is 0. The monoisotopic (exact) mass is 338 g/mol. The molecule has 1 saturated heterocycles. The van der Waals surface area contributed by atoms with Crippen molar-refractivity contribution in [2.45, 2.75) is 45.7 Å². The highest BCUT2D eigenvalue weighted by molar-refractivity contribution is 5.76. The molecule has 3 aromatic heterocycles. The summed E-state index contributed by atoms with van der Waals surface area (Å²) in [5.41, 5.74) is 2.02. The van der Waals surface area contributed by atoms with Crippen molar-refractivity contribution in [3.05, 3.63) is 48.1 Å². The molecule has 7 nitrogen and oxygen atoms in total. The van der Waals surface area contributed by atoms with Crippen molar-refractivity contribution in [2.75, 3.05) is 6.54 Å². The van der Waals surface area contributed by atoms with Crippen LogP contribution < -0.4 is 0 Å². The highest BCUT2D eigenvalue weighted by Gasteiger charge is 2.29. The smallest absolute Gasteiger partial charge is 0.243 e. The Kier molecular flexibility index (Phi) is 3.99. The highest BCUT2D eigenvalue weighted by Crippen LogP contribution is 2.30. The summed E-state index contributed by atoms with van der Waals surface area (Å²) in [7, 11) is 0. The van der Waals surface area contributed by atoms with Crippen LogP contribution in [0, 0.1) is 13.8 Å². The number of rotatable bonds is 3. The summed E-state index contributed by atoms with van der Waals surface area (Å²) in [5.74, 6) is 1.67. The number of likely N-dealkylation sites (tertiary alicyclic amines) is 1. The lowest BCUT2D eigenvalue weighted by molar-refractivity contribution is -0.135. The average Bonchev–Trinajstić information content (AvgIpc) is 3.24. The maximum atomic E-state index is 12.9. The van der Waals surface area contributed by atoms with Crippen LogP contribution >= 0.6 is 0 Å². The summed E-state index contributed by atoms with van der Waals surface area (Å²) < 4.78 is 3.86. The molecule has 1 aliphatic rings. The summed E-state index contributed by atoms with van der Waals surface area (Å²) in [4.78, 5) is 28.1. The second-order valence-electron chi connectivity index (χ2n) is 6.62. The first-order chi connectivity index (χ1) is 12.1. The molecule has 3 aromatic rings. The molecular formula is C18H22N6O. The zero-order chi connectivity index (χ0) is 17.4. The average molecular weight is 338 g/mol. The lowest BCUT2D eigenvalue weighted by Gasteiger charge is -2.35. The fourth-order valence-corrected chi connectivity index (χ4v) is 3.60. The summed E-state index contributed by atoms with van der Waals surface area (Å²) in [5, 5.41) is 0. The lowest BCUT2D eigenvalue weighted by atomic mass is 9.98. The van der Waals surface area contributed by atoms with Gasteiger partial charge < -0.3 is 9.47 Å². The molecule has 1 unspecified atom stereocenters. The van der Waals surface area contributed by atoms with E-state index in [9.17, 15) is 4.79 Å². The number of imidazole rings is 2. The number of aromatic nitrogens is 5. The number of nitrogens with zero attached hydrogens (tertiary/aromatic N) is 6. The second kappa shape index (κ2) is 6.31. The van der Waals surface area contributed by atoms with Gasteiger partial charge in [0.15, 0.2) is 0 Å². The van der Waals surface area contributed by atoms with Gasteiger partial charge in [-0.3, -0.25) is 9.20 Å². The SMILES string of the molecule is Cc1nccn1CC(=O)N1CCCCC1c1cc(C)n2ccnc2n1. The second-order valence-corrected chi connectivity index (χ2v) is 6.62. The van der Waals surface area contributed by atoms with Crippen molar-refractivity contribution in [3.63, 3.8) is 0 Å². The Morgan fingerprint density at radius 3 is 2.84 bits per heavy atom. The van der Waals surface area contributed by atoms with Crippen molar-refractivity contribution in [1.29, 1.82) is 0 Å². The molecule has 1 amide bonds. The third kappa shape index (κ3) is 2.90. The molecule has 4 rings (SSSR count). The van der Waals surface area contributed by atoms with Gasteiger partial charge >= 0.3 is 0 Å². The van der Waals surface area contributed by atoms with Gasteiger partial charge in [0.1, 0.15) is 12.4 Å². The van der Waals surface area contributed by atoms with Crippen LogP contribution in [0.25, 0.3) is 5.78 Å². The molecule has 0 N–H and O–H groups in total. The Labute approximate surface area is 146 Å². The minimum absolute atomic E-state index is 0.0190. The number of fused-ring (bicyclic) bond motifs is 1. The summed E-state index contributed by atoms with van der Waals surface area (Å²) in [6.07, 6.45) is 10.3. The van der Waals surface area contributed by atoms with Crippen LogP contribution in [-0.2, 0) is 11.3 Å². The van der Waals surface area contributed by atoms with Crippen molar-refractivity contribution in [2.24, 2.45) is 0 Å². The van der Waals surface area contributed by atoms with E-state index in [4.69, 9.17) is 4.98 Å². The van der Waals surface area contributed by atoms with E-state index in [0.717, 1.165) is 43.0 Å². The van der Waals surface area contributed by atoms with Gasteiger partial charge in [-0.05, 0) is 39.2 Å². The molecule has 0 aliphatic carbocycles. The zero-order valence-electron chi connectivity index (χ0n) is 14.6. The molecule has 130 valence electrons. The van der Waals surface area contributed by atoms with Crippen LogP contribution in [0.15, 0.2) is 30.9 Å². The number of carbonyl (C=O) groups excluding carboxylic acids is 1. The van der Waals surface area contributed by atoms with Gasteiger partial charge in [-0.15, -0.1) is 0 Å². The number of piperidine rings is 1. The van der Waals surface area contributed by atoms with E-state index in [1.54, 1.807) is 12.4 Å². The van der Waals surface area contributed by atoms with Crippen LogP contribution in [0.4, 0.5) is 0 Å². The molecule has 1 fully saturated rings. The highest BCUT2D eigenvalue weighted by atomic mass is 16.2. The van der Waals surface area contributed by atoms with Crippen LogP contribution in [0.1, 0.15) is 42.5 Å². The summed E-state index contributed by atoms with van der Waals surface area (Å²) in [6, 6.07) is 2.10. The molecule has 0 saturated carbocycles. The number of aryl methyl sites for hydroxylation is 2. The van der Waals surface area contributed by atoms with Gasteiger partial charge in [-0.2, -0.15) is 0 Å². The first kappa shape index (κ1) is 15.8. The quantitative estimate of drug-likeness (QED) is 0.735. The minimum atomic E-state index is 0.0190. The topological polar surface area (TPSA) is 68.3 Å². The van der Waals surface area contributed by atoms with Crippen molar-refractivity contribution in [3.8, 4) is 0 Å². The fraction of sp³-hybridized carbons (Fsp3) is 0.444. The van der Waals surface area contributed by atoms with Crippen molar-refractivity contribution in [1.82, 2.24) is 28.8 Å². The zero-order valence-corrected chi connectivity index (χ0v) is 14.6. The van der Waals surface area contributed by atoms with E-state index in [0.29, 0.717) is 12.3 Å². The molecule has 4 heterocycles. The van der Waals surface area contributed by atoms with Gasteiger partial charge in [0.2, 0.25) is 11.7 Å². The first-order valence-corrected chi connectivity index (χ1v) is 8.71. The predicted molar refractivity (Wildman–Crippen MR) is 93.0 cm³/mol. The van der Waals surface area contributed by atoms with Gasteiger partial charge in [0.05, 0.1) is 11.7 Å². The summed E-state index contributed by atoms with van der Waals surface area (Å²) in [6.45, 7) is 5.06. The van der Waals surface area contributed by atoms with Gasteiger partial charge in [-0.25, -0.2) is 15.0 Å². The molecule has 1 aliphatic heterocycles. The fourth-order valence-electron chi connectivity index (χ4n) is 3.60. The number of amides is 1. The number of hydrogen-bond donors (Lipinski definition) is 0. The number of hydrogen-bond acceptors (Lipinski definition) is 4. The van der Waals surface area contributed by atoms with E-state index in [2.05, 4.69) is 16.0 Å². The van der Waals surface area contributed by atoms with Crippen LogP contribution in [-0.4, -0.2) is 41.3 Å². The van der Waals surface area contributed by atoms with E-state index in [-0.39, 0.29) is 11.9 Å². The van der Waals surface area contributed by atoms with Gasteiger partial charge in [0.25, 0.3) is 0 Å². The Hall–Kier alpha value is -2.70.